The summed E-state index contributed by atoms with van der Waals surface area (Å²) in [6.07, 6.45) is 3.57. The first-order valence-corrected chi connectivity index (χ1v) is 14.3. The fourth-order valence-electron chi connectivity index (χ4n) is 6.80. The van der Waals surface area contributed by atoms with Crippen LogP contribution in [0.25, 0.3) is 0 Å². The molecule has 1 atom stereocenters. The van der Waals surface area contributed by atoms with Gasteiger partial charge >= 0.3 is 5.97 Å². The SMILES string of the molecule is CCC1(CC)CCN(c2ccc3c(c2)Oc2cc(C)c(Nc4ccccc4)cc2C32OC(=O)c3ccccc32)C1. The van der Waals surface area contributed by atoms with Crippen LogP contribution in [-0.4, -0.2) is 19.1 Å². The number of nitrogens with one attached hydrogen (secondary N) is 1. The Morgan fingerprint density at radius 1 is 0.850 bits per heavy atom. The Hall–Kier alpha value is -4.25. The third-order valence-corrected chi connectivity index (χ3v) is 9.40. The zero-order valence-electron chi connectivity index (χ0n) is 23.3. The van der Waals surface area contributed by atoms with Crippen molar-refractivity contribution >= 4 is 23.0 Å². The van der Waals surface area contributed by atoms with Crippen molar-refractivity contribution in [1.82, 2.24) is 0 Å². The zero-order chi connectivity index (χ0) is 27.5. The van der Waals surface area contributed by atoms with Crippen LogP contribution in [0.5, 0.6) is 11.5 Å². The second-order valence-electron chi connectivity index (χ2n) is 11.4. The molecule has 1 spiro atoms. The molecule has 0 radical (unpaired) electrons. The standard InChI is InChI=1S/C35H34N2O3/c1-4-34(5-2)17-18-37(22-34)25-15-16-28-32(20-25)39-31-19-23(3)30(36-24-11-7-6-8-12-24)21-29(31)35(28)27-14-10-9-13-26(27)33(38)40-35/h6-16,19-21,36H,4-5,17-18,22H2,1-3H3. The highest BCUT2D eigenvalue weighted by Crippen LogP contribution is 2.57. The Morgan fingerprint density at radius 2 is 1.60 bits per heavy atom. The molecule has 3 aliphatic rings. The van der Waals surface area contributed by atoms with Crippen LogP contribution in [0.3, 0.4) is 0 Å². The highest BCUT2D eigenvalue weighted by atomic mass is 16.6. The van der Waals surface area contributed by atoms with Gasteiger partial charge in [-0.2, -0.15) is 0 Å². The van der Waals surface area contributed by atoms with Crippen molar-refractivity contribution in [2.45, 2.75) is 45.6 Å². The predicted molar refractivity (Wildman–Crippen MR) is 159 cm³/mol. The number of fused-ring (bicyclic) bond motifs is 6. The molecule has 0 aromatic heterocycles. The van der Waals surface area contributed by atoms with E-state index < -0.39 is 5.60 Å². The molecule has 0 aliphatic carbocycles. The molecule has 3 aliphatic heterocycles. The quantitative estimate of drug-likeness (QED) is 0.263. The van der Waals surface area contributed by atoms with Crippen LogP contribution >= 0.6 is 0 Å². The van der Waals surface area contributed by atoms with E-state index in [0.717, 1.165) is 58.2 Å². The molecule has 4 aromatic rings. The predicted octanol–water partition coefficient (Wildman–Crippen LogP) is 8.32. The molecule has 202 valence electrons. The third kappa shape index (κ3) is 3.64. The molecule has 1 unspecified atom stereocenters. The lowest BCUT2D eigenvalue weighted by Crippen LogP contribution is -2.33. The molecule has 5 heteroatoms. The summed E-state index contributed by atoms with van der Waals surface area (Å²) >= 11 is 0. The minimum absolute atomic E-state index is 0.313. The van der Waals surface area contributed by atoms with Crippen molar-refractivity contribution in [1.29, 1.82) is 0 Å². The number of carbonyl (C=O) groups is 1. The Kier molecular flexibility index (Phi) is 5.67. The first-order chi connectivity index (χ1) is 19.5. The number of rotatable bonds is 5. The Balaban J connectivity index is 1.38. The molecule has 40 heavy (non-hydrogen) atoms. The smallest absolute Gasteiger partial charge is 0.340 e. The number of carbonyl (C=O) groups excluding carboxylic acids is 1. The van der Waals surface area contributed by atoms with Gasteiger partial charge in [-0.1, -0.05) is 50.2 Å². The number of para-hydroxylation sites is 1. The Bertz CT molecular complexity index is 1630. The van der Waals surface area contributed by atoms with Gasteiger partial charge in [-0.25, -0.2) is 4.79 Å². The summed E-state index contributed by atoms with van der Waals surface area (Å²) in [7, 11) is 0. The minimum Gasteiger partial charge on any atom is -0.456 e. The van der Waals surface area contributed by atoms with E-state index in [4.69, 9.17) is 9.47 Å². The van der Waals surface area contributed by atoms with Gasteiger partial charge in [0.1, 0.15) is 11.5 Å². The number of ether oxygens (including phenoxy) is 2. The van der Waals surface area contributed by atoms with Crippen molar-refractivity contribution in [2.75, 3.05) is 23.3 Å². The minimum atomic E-state index is -1.09. The highest BCUT2D eigenvalue weighted by molar-refractivity contribution is 5.97. The van der Waals surface area contributed by atoms with Crippen LogP contribution in [0.1, 0.15) is 65.7 Å². The molecule has 5 nitrogen and oxygen atoms in total. The summed E-state index contributed by atoms with van der Waals surface area (Å²) in [5, 5.41) is 3.55. The Labute approximate surface area is 235 Å². The molecule has 1 N–H and O–H groups in total. The van der Waals surface area contributed by atoms with E-state index in [9.17, 15) is 4.79 Å². The van der Waals surface area contributed by atoms with Gasteiger partial charge in [0.2, 0.25) is 0 Å². The van der Waals surface area contributed by atoms with Crippen molar-refractivity contribution in [3.63, 3.8) is 0 Å². The summed E-state index contributed by atoms with van der Waals surface area (Å²) in [5.41, 5.74) is 6.54. The largest absolute Gasteiger partial charge is 0.456 e. The molecule has 1 fully saturated rings. The molecule has 4 aromatic carbocycles. The number of esters is 1. The first-order valence-electron chi connectivity index (χ1n) is 14.3. The number of benzene rings is 4. The lowest BCUT2D eigenvalue weighted by Gasteiger charge is -2.37. The summed E-state index contributed by atoms with van der Waals surface area (Å²) in [6, 6.07) is 28.4. The topological polar surface area (TPSA) is 50.8 Å². The van der Waals surface area contributed by atoms with Crippen LogP contribution in [0.2, 0.25) is 0 Å². The molecule has 0 bridgehead atoms. The Morgan fingerprint density at radius 3 is 2.38 bits per heavy atom. The normalized spacial score (nSPS) is 20.0. The maximum absolute atomic E-state index is 13.3. The van der Waals surface area contributed by atoms with E-state index in [1.54, 1.807) is 0 Å². The molecule has 7 rings (SSSR count). The van der Waals surface area contributed by atoms with Crippen LogP contribution in [-0.2, 0) is 10.3 Å². The summed E-state index contributed by atoms with van der Waals surface area (Å²) < 4.78 is 13.1. The van der Waals surface area contributed by atoms with Crippen molar-refractivity contribution < 1.29 is 14.3 Å². The van der Waals surface area contributed by atoms with E-state index in [1.807, 2.05) is 54.6 Å². The van der Waals surface area contributed by atoms with Crippen LogP contribution in [0.15, 0.2) is 84.9 Å². The van der Waals surface area contributed by atoms with Crippen LogP contribution in [0, 0.1) is 12.3 Å². The van der Waals surface area contributed by atoms with Crippen LogP contribution in [0.4, 0.5) is 17.1 Å². The maximum atomic E-state index is 13.3. The van der Waals surface area contributed by atoms with Crippen molar-refractivity contribution in [2.24, 2.45) is 5.41 Å². The lowest BCUT2D eigenvalue weighted by atomic mass is 9.77. The molecular weight excluding hydrogens is 496 g/mol. The fraction of sp³-hybridized carbons (Fsp3) is 0.286. The fourth-order valence-corrected chi connectivity index (χ4v) is 6.80. The second-order valence-corrected chi connectivity index (χ2v) is 11.4. The molecular formula is C35H34N2O3. The third-order valence-electron chi connectivity index (χ3n) is 9.40. The summed E-state index contributed by atoms with van der Waals surface area (Å²) in [4.78, 5) is 15.8. The van der Waals surface area contributed by atoms with Gasteiger partial charge in [0, 0.05) is 52.9 Å². The van der Waals surface area contributed by atoms with Crippen molar-refractivity contribution in [3.05, 3.63) is 113 Å². The maximum Gasteiger partial charge on any atom is 0.340 e. The van der Waals surface area contributed by atoms with Gasteiger partial charge in [-0.05, 0) is 79.6 Å². The van der Waals surface area contributed by atoms with Crippen LogP contribution < -0.4 is 15.0 Å². The number of anilines is 3. The van der Waals surface area contributed by atoms with Crippen molar-refractivity contribution in [3.8, 4) is 11.5 Å². The molecule has 0 amide bonds. The van der Waals surface area contributed by atoms with E-state index >= 15 is 0 Å². The zero-order valence-corrected chi connectivity index (χ0v) is 23.3. The number of hydrogen-bond donors (Lipinski definition) is 1. The molecule has 0 saturated carbocycles. The van der Waals surface area contributed by atoms with Gasteiger partial charge in [-0.15, -0.1) is 0 Å². The summed E-state index contributed by atoms with van der Waals surface area (Å²) in [5.74, 6) is 1.14. The van der Waals surface area contributed by atoms with E-state index in [0.29, 0.717) is 16.7 Å². The number of aryl methyl sites for hydroxylation is 1. The van der Waals surface area contributed by atoms with E-state index in [-0.39, 0.29) is 5.97 Å². The number of nitrogens with zero attached hydrogens (tertiary/aromatic N) is 1. The average Bonchev–Trinajstić information content (AvgIpc) is 3.55. The average molecular weight is 531 g/mol. The van der Waals surface area contributed by atoms with Gasteiger partial charge in [0.15, 0.2) is 5.60 Å². The van der Waals surface area contributed by atoms with Gasteiger partial charge < -0.3 is 19.7 Å². The lowest BCUT2D eigenvalue weighted by molar-refractivity contribution is 0.0224. The number of hydrogen-bond acceptors (Lipinski definition) is 5. The van der Waals surface area contributed by atoms with E-state index in [1.165, 1.54) is 19.3 Å². The molecule has 1 saturated heterocycles. The molecule has 3 heterocycles. The summed E-state index contributed by atoms with van der Waals surface area (Å²) in [6.45, 7) is 8.76. The monoisotopic (exact) mass is 530 g/mol. The van der Waals surface area contributed by atoms with Gasteiger partial charge in [0.05, 0.1) is 5.56 Å². The van der Waals surface area contributed by atoms with E-state index in [2.05, 4.69) is 61.3 Å². The first kappa shape index (κ1) is 24.8. The highest BCUT2D eigenvalue weighted by Gasteiger charge is 2.53. The van der Waals surface area contributed by atoms with Gasteiger partial charge in [-0.3, -0.25) is 0 Å². The van der Waals surface area contributed by atoms with Gasteiger partial charge in [0.25, 0.3) is 0 Å². The second kappa shape index (κ2) is 9.16.